The summed E-state index contributed by atoms with van der Waals surface area (Å²) in [7, 11) is -3.54. The van der Waals surface area contributed by atoms with Gasteiger partial charge in [0.15, 0.2) is 0 Å². The Balaban J connectivity index is 0.00000144. The largest absolute Gasteiger partial charge is 0.329 e. The van der Waals surface area contributed by atoms with Crippen LogP contribution in [-0.2, 0) is 10.0 Å². The molecule has 0 spiro atoms. The van der Waals surface area contributed by atoms with Gasteiger partial charge in [-0.2, -0.15) is 8.75 Å². The molecule has 0 unspecified atom stereocenters. The van der Waals surface area contributed by atoms with Crippen LogP contribution >= 0.6 is 24.1 Å². The lowest BCUT2D eigenvalue weighted by atomic mass is 10.3. The fourth-order valence-corrected chi connectivity index (χ4v) is 3.08. The van der Waals surface area contributed by atoms with E-state index in [1.807, 2.05) is 0 Å². The fourth-order valence-electron chi connectivity index (χ4n) is 1.27. The zero-order valence-corrected chi connectivity index (χ0v) is 11.1. The maximum atomic E-state index is 11.9. The van der Waals surface area contributed by atoms with Crippen LogP contribution in [0.2, 0.25) is 0 Å². The van der Waals surface area contributed by atoms with Gasteiger partial charge in [0, 0.05) is 13.1 Å². The number of aromatic nitrogens is 2. The zero-order chi connectivity index (χ0) is 11.6. The Morgan fingerprint density at radius 1 is 1.35 bits per heavy atom. The van der Waals surface area contributed by atoms with E-state index in [2.05, 4.69) is 13.5 Å². The molecule has 0 aliphatic carbocycles. The Labute approximate surface area is 109 Å². The maximum absolute atomic E-state index is 11.9. The van der Waals surface area contributed by atoms with Crippen molar-refractivity contribution in [3.05, 3.63) is 18.2 Å². The zero-order valence-electron chi connectivity index (χ0n) is 8.66. The van der Waals surface area contributed by atoms with E-state index < -0.39 is 10.0 Å². The van der Waals surface area contributed by atoms with Crippen molar-refractivity contribution in [3.63, 3.8) is 0 Å². The maximum Gasteiger partial charge on any atom is 0.242 e. The van der Waals surface area contributed by atoms with Crippen molar-refractivity contribution in [3.8, 4) is 0 Å². The highest BCUT2D eigenvalue weighted by Crippen LogP contribution is 2.20. The average molecular weight is 295 g/mol. The van der Waals surface area contributed by atoms with Crippen LogP contribution in [0, 0.1) is 0 Å². The molecule has 0 aliphatic rings. The van der Waals surface area contributed by atoms with Crippen molar-refractivity contribution >= 4 is 45.2 Å². The third-order valence-corrected chi connectivity index (χ3v) is 4.01. The van der Waals surface area contributed by atoms with Gasteiger partial charge in [-0.15, -0.1) is 12.4 Å². The van der Waals surface area contributed by atoms with Crippen LogP contribution in [0.25, 0.3) is 11.0 Å². The number of benzene rings is 1. The minimum Gasteiger partial charge on any atom is -0.329 e. The Bertz CT molecular complexity index is 598. The highest BCUT2D eigenvalue weighted by atomic mass is 35.5. The van der Waals surface area contributed by atoms with Gasteiger partial charge in [-0.1, -0.05) is 6.07 Å². The number of nitrogens with zero attached hydrogens (tertiary/aromatic N) is 2. The lowest BCUT2D eigenvalue weighted by Gasteiger charge is -2.05. The van der Waals surface area contributed by atoms with Crippen LogP contribution in [0.1, 0.15) is 0 Å². The van der Waals surface area contributed by atoms with Gasteiger partial charge in [0.1, 0.15) is 15.9 Å². The summed E-state index contributed by atoms with van der Waals surface area (Å²) in [6, 6.07) is 4.87. The first-order valence-corrected chi connectivity index (χ1v) is 6.77. The molecule has 0 saturated carbocycles. The van der Waals surface area contributed by atoms with Crippen molar-refractivity contribution in [1.82, 2.24) is 13.5 Å². The molecule has 1 aromatic carbocycles. The number of nitrogens with one attached hydrogen (secondary N) is 1. The van der Waals surface area contributed by atoms with Gasteiger partial charge in [-0.25, -0.2) is 13.1 Å². The van der Waals surface area contributed by atoms with Gasteiger partial charge < -0.3 is 5.73 Å². The van der Waals surface area contributed by atoms with Crippen LogP contribution in [0.3, 0.4) is 0 Å². The first kappa shape index (κ1) is 14.3. The molecule has 6 nitrogen and oxygen atoms in total. The van der Waals surface area contributed by atoms with E-state index in [1.54, 1.807) is 12.1 Å². The van der Waals surface area contributed by atoms with Gasteiger partial charge in [0.2, 0.25) is 10.0 Å². The first-order chi connectivity index (χ1) is 7.65. The Morgan fingerprint density at radius 2 is 2.12 bits per heavy atom. The van der Waals surface area contributed by atoms with Gasteiger partial charge in [-0.05, 0) is 12.1 Å². The minimum absolute atomic E-state index is 0. The summed E-state index contributed by atoms with van der Waals surface area (Å²) in [6.07, 6.45) is 0. The van der Waals surface area contributed by atoms with Crippen LogP contribution in [0.5, 0.6) is 0 Å². The van der Waals surface area contributed by atoms with E-state index >= 15 is 0 Å². The third-order valence-electron chi connectivity index (χ3n) is 1.97. The smallest absolute Gasteiger partial charge is 0.242 e. The van der Waals surface area contributed by atoms with E-state index in [-0.39, 0.29) is 30.4 Å². The molecule has 17 heavy (non-hydrogen) atoms. The average Bonchev–Trinajstić information content (AvgIpc) is 2.73. The number of fused-ring (bicyclic) bond motifs is 1. The van der Waals surface area contributed by atoms with Crippen molar-refractivity contribution < 1.29 is 8.42 Å². The number of hydrogen-bond acceptors (Lipinski definition) is 6. The van der Waals surface area contributed by atoms with Gasteiger partial charge in [0.05, 0.1) is 11.7 Å². The lowest BCUT2D eigenvalue weighted by molar-refractivity contribution is 0.583. The standard InChI is InChI=1S/C8H10N4O2S2.ClH/c9-4-5-10-16(13,14)7-3-1-2-6-8(7)12-15-11-6;/h1-3,10H,4-5,9H2;1H. The molecule has 0 amide bonds. The summed E-state index contributed by atoms with van der Waals surface area (Å²) in [6.45, 7) is 0.459. The highest BCUT2D eigenvalue weighted by molar-refractivity contribution is 7.89. The minimum atomic E-state index is -3.54. The molecule has 0 bridgehead atoms. The number of halogens is 1. The summed E-state index contributed by atoms with van der Waals surface area (Å²) >= 11 is 0.990. The molecule has 2 rings (SSSR count). The molecule has 94 valence electrons. The number of hydrogen-bond donors (Lipinski definition) is 2. The molecular weight excluding hydrogens is 284 g/mol. The normalized spacial score (nSPS) is 11.4. The predicted molar refractivity (Wildman–Crippen MR) is 68.9 cm³/mol. The first-order valence-electron chi connectivity index (χ1n) is 4.56. The quantitative estimate of drug-likeness (QED) is 0.848. The SMILES string of the molecule is Cl.NCCNS(=O)(=O)c1cccc2nsnc12. The molecule has 0 fully saturated rings. The Morgan fingerprint density at radius 3 is 2.82 bits per heavy atom. The van der Waals surface area contributed by atoms with E-state index in [0.29, 0.717) is 11.0 Å². The molecular formula is C8H11ClN4O2S2. The Kier molecular flexibility index (Phi) is 4.78. The van der Waals surface area contributed by atoms with E-state index in [4.69, 9.17) is 5.73 Å². The lowest BCUT2D eigenvalue weighted by Crippen LogP contribution is -2.29. The molecule has 0 aliphatic heterocycles. The molecule has 2 aromatic rings. The monoisotopic (exact) mass is 294 g/mol. The second-order valence-electron chi connectivity index (χ2n) is 3.07. The molecule has 3 N–H and O–H groups in total. The van der Waals surface area contributed by atoms with Crippen LogP contribution in [-0.4, -0.2) is 30.3 Å². The van der Waals surface area contributed by atoms with E-state index in [0.717, 1.165) is 11.7 Å². The van der Waals surface area contributed by atoms with Gasteiger partial charge >= 0.3 is 0 Å². The van der Waals surface area contributed by atoms with E-state index in [1.165, 1.54) is 6.07 Å². The third kappa shape index (κ3) is 2.90. The molecule has 0 atom stereocenters. The fraction of sp³-hybridized carbons (Fsp3) is 0.250. The van der Waals surface area contributed by atoms with Crippen molar-refractivity contribution in [2.75, 3.05) is 13.1 Å². The van der Waals surface area contributed by atoms with Gasteiger partial charge in [-0.3, -0.25) is 0 Å². The Hall–Kier alpha value is -0.800. The number of rotatable bonds is 4. The highest BCUT2D eigenvalue weighted by Gasteiger charge is 2.18. The molecule has 1 aromatic heterocycles. The second kappa shape index (κ2) is 5.69. The number of nitrogens with two attached hydrogens (primary N) is 1. The number of sulfonamides is 1. The van der Waals surface area contributed by atoms with Crippen molar-refractivity contribution in [2.45, 2.75) is 4.90 Å². The molecule has 1 heterocycles. The second-order valence-corrected chi connectivity index (χ2v) is 5.34. The van der Waals surface area contributed by atoms with Crippen molar-refractivity contribution in [1.29, 1.82) is 0 Å². The molecule has 9 heteroatoms. The van der Waals surface area contributed by atoms with Gasteiger partial charge in [0.25, 0.3) is 0 Å². The summed E-state index contributed by atoms with van der Waals surface area (Å²) in [5.74, 6) is 0. The van der Waals surface area contributed by atoms with Crippen LogP contribution < -0.4 is 10.5 Å². The topological polar surface area (TPSA) is 98.0 Å². The van der Waals surface area contributed by atoms with Crippen molar-refractivity contribution in [2.24, 2.45) is 5.73 Å². The van der Waals surface area contributed by atoms with Crippen LogP contribution in [0.15, 0.2) is 23.1 Å². The molecule has 0 radical (unpaired) electrons. The summed E-state index contributed by atoms with van der Waals surface area (Å²) in [5.41, 5.74) is 6.24. The molecule has 0 saturated heterocycles. The summed E-state index contributed by atoms with van der Waals surface area (Å²) in [5, 5.41) is 0. The predicted octanol–water partition coefficient (Wildman–Crippen LogP) is 0.350. The van der Waals surface area contributed by atoms with E-state index in [9.17, 15) is 8.42 Å². The summed E-state index contributed by atoms with van der Waals surface area (Å²) < 4.78 is 34.1. The summed E-state index contributed by atoms with van der Waals surface area (Å²) in [4.78, 5) is 0.146. The van der Waals surface area contributed by atoms with Crippen LogP contribution in [0.4, 0.5) is 0 Å².